The van der Waals surface area contributed by atoms with Crippen molar-refractivity contribution in [3.05, 3.63) is 16.4 Å². The Morgan fingerprint density at radius 3 is 2.56 bits per heavy atom. The minimum Gasteiger partial charge on any atom is -0.298 e. The van der Waals surface area contributed by atoms with Gasteiger partial charge in [0.05, 0.1) is 23.1 Å². The molecule has 2 heterocycles. The third-order valence-corrected chi connectivity index (χ3v) is 4.92. The highest BCUT2D eigenvalue weighted by Crippen LogP contribution is 2.32. The molecule has 18 heavy (non-hydrogen) atoms. The number of aromatic nitrogens is 2. The Bertz CT molecular complexity index is 585. The zero-order valence-electron chi connectivity index (χ0n) is 9.01. The van der Waals surface area contributed by atoms with Crippen molar-refractivity contribution in [2.24, 2.45) is 0 Å². The Morgan fingerprint density at radius 1 is 1.50 bits per heavy atom. The second-order valence-corrected chi connectivity index (χ2v) is 6.60. The molecule has 1 aromatic heterocycles. The van der Waals surface area contributed by atoms with E-state index in [1.54, 1.807) is 0 Å². The van der Waals surface area contributed by atoms with Crippen LogP contribution in [0.15, 0.2) is 0 Å². The summed E-state index contributed by atoms with van der Waals surface area (Å²) in [5, 5.41) is 3.33. The SMILES string of the molecule is O=Cc1c(C(F)F)nn(C2CCS(=O)(=O)C2)c1Cl. The molecular weight excluding hydrogens is 290 g/mol. The summed E-state index contributed by atoms with van der Waals surface area (Å²) < 4.78 is 48.9. The molecule has 0 N–H and O–H groups in total. The second kappa shape index (κ2) is 4.58. The molecular formula is C9H9ClF2N2O3S. The van der Waals surface area contributed by atoms with Gasteiger partial charge in [0.2, 0.25) is 0 Å². The number of carbonyl (C=O) groups excluding carboxylic acids is 1. The quantitative estimate of drug-likeness (QED) is 0.796. The maximum atomic E-state index is 12.6. The summed E-state index contributed by atoms with van der Waals surface area (Å²) in [7, 11) is -3.19. The van der Waals surface area contributed by atoms with Gasteiger partial charge in [-0.25, -0.2) is 21.9 Å². The third kappa shape index (κ3) is 2.26. The number of rotatable bonds is 3. The molecule has 0 aromatic carbocycles. The van der Waals surface area contributed by atoms with Gasteiger partial charge in [0.1, 0.15) is 10.8 Å². The zero-order chi connectivity index (χ0) is 13.5. The van der Waals surface area contributed by atoms with E-state index in [0.29, 0.717) is 0 Å². The van der Waals surface area contributed by atoms with Crippen LogP contribution in [0.5, 0.6) is 0 Å². The van der Waals surface area contributed by atoms with Crippen LogP contribution in [-0.2, 0) is 9.84 Å². The number of sulfone groups is 1. The van der Waals surface area contributed by atoms with Gasteiger partial charge in [-0.2, -0.15) is 5.10 Å². The van der Waals surface area contributed by atoms with Crippen LogP contribution in [0.3, 0.4) is 0 Å². The van der Waals surface area contributed by atoms with Gasteiger partial charge in [-0.3, -0.25) is 4.79 Å². The fraction of sp³-hybridized carbons (Fsp3) is 0.556. The van der Waals surface area contributed by atoms with Gasteiger partial charge >= 0.3 is 0 Å². The first-order valence-electron chi connectivity index (χ1n) is 5.07. The molecule has 1 aliphatic heterocycles. The Hall–Kier alpha value is -1.02. The number of carbonyl (C=O) groups is 1. The van der Waals surface area contributed by atoms with E-state index in [0.717, 1.165) is 4.68 Å². The average molecular weight is 299 g/mol. The molecule has 0 aliphatic carbocycles. The van der Waals surface area contributed by atoms with Crippen molar-refractivity contribution in [3.8, 4) is 0 Å². The fourth-order valence-electron chi connectivity index (χ4n) is 1.92. The van der Waals surface area contributed by atoms with Crippen molar-refractivity contribution in [3.63, 3.8) is 0 Å². The first-order valence-corrected chi connectivity index (χ1v) is 7.27. The minimum atomic E-state index is -3.19. The highest BCUT2D eigenvalue weighted by atomic mass is 35.5. The first kappa shape index (κ1) is 13.4. The van der Waals surface area contributed by atoms with Gasteiger partial charge in [-0.15, -0.1) is 0 Å². The molecule has 9 heteroatoms. The van der Waals surface area contributed by atoms with E-state index in [9.17, 15) is 22.0 Å². The van der Waals surface area contributed by atoms with Gasteiger partial charge in [0.25, 0.3) is 6.43 Å². The standard InChI is InChI=1S/C9H9ClF2N2O3S/c10-8-6(3-15)7(9(11)12)13-14(8)5-1-2-18(16,17)4-5/h3,5,9H,1-2,4H2. The van der Waals surface area contributed by atoms with E-state index < -0.39 is 28.0 Å². The summed E-state index contributed by atoms with van der Waals surface area (Å²) in [6, 6.07) is -0.589. The lowest BCUT2D eigenvalue weighted by Crippen LogP contribution is -2.13. The topological polar surface area (TPSA) is 69.0 Å². The molecule has 1 saturated heterocycles. The Morgan fingerprint density at radius 2 is 2.17 bits per heavy atom. The lowest BCUT2D eigenvalue weighted by atomic mass is 10.2. The first-order chi connectivity index (χ1) is 8.35. The molecule has 1 atom stereocenters. The van der Waals surface area contributed by atoms with Crippen molar-refractivity contribution in [1.29, 1.82) is 0 Å². The summed E-state index contributed by atoms with van der Waals surface area (Å²) in [4.78, 5) is 10.7. The van der Waals surface area contributed by atoms with E-state index in [4.69, 9.17) is 11.6 Å². The number of hydrogen-bond donors (Lipinski definition) is 0. The molecule has 2 rings (SSSR count). The normalized spacial score (nSPS) is 22.6. The predicted molar refractivity (Wildman–Crippen MR) is 59.9 cm³/mol. The fourth-order valence-corrected chi connectivity index (χ4v) is 3.93. The van der Waals surface area contributed by atoms with Gasteiger partial charge in [-0.05, 0) is 6.42 Å². The molecule has 1 fully saturated rings. The molecule has 0 saturated carbocycles. The van der Waals surface area contributed by atoms with Gasteiger partial charge in [-0.1, -0.05) is 11.6 Å². The lowest BCUT2D eigenvalue weighted by Gasteiger charge is -2.09. The predicted octanol–water partition coefficient (Wildman–Crippen LogP) is 1.65. The zero-order valence-corrected chi connectivity index (χ0v) is 10.6. The van der Waals surface area contributed by atoms with Crippen LogP contribution in [0.4, 0.5) is 8.78 Å². The summed E-state index contributed by atoms with van der Waals surface area (Å²) in [6.07, 6.45) is -2.47. The monoisotopic (exact) mass is 298 g/mol. The van der Waals surface area contributed by atoms with E-state index in [-0.39, 0.29) is 34.9 Å². The van der Waals surface area contributed by atoms with E-state index in [1.807, 2.05) is 0 Å². The third-order valence-electron chi connectivity index (χ3n) is 2.79. The number of aldehydes is 1. The molecule has 1 aliphatic rings. The second-order valence-electron chi connectivity index (χ2n) is 4.01. The lowest BCUT2D eigenvalue weighted by molar-refractivity contribution is 0.110. The van der Waals surface area contributed by atoms with Crippen molar-refractivity contribution in [2.75, 3.05) is 11.5 Å². The van der Waals surface area contributed by atoms with Crippen LogP contribution in [0.25, 0.3) is 0 Å². The number of alkyl halides is 2. The largest absolute Gasteiger partial charge is 0.298 e. The summed E-state index contributed by atoms with van der Waals surface area (Å²) >= 11 is 5.79. The van der Waals surface area contributed by atoms with Crippen LogP contribution in [-0.4, -0.2) is 36.0 Å². The molecule has 5 nitrogen and oxygen atoms in total. The van der Waals surface area contributed by atoms with Crippen LogP contribution in [0.2, 0.25) is 5.15 Å². The van der Waals surface area contributed by atoms with E-state index in [2.05, 4.69) is 5.10 Å². The number of nitrogens with zero attached hydrogens (tertiary/aromatic N) is 2. The Kier molecular flexibility index (Phi) is 3.41. The summed E-state index contributed by atoms with van der Waals surface area (Å²) in [5.74, 6) is -0.232. The number of halogens is 3. The number of hydrogen-bond acceptors (Lipinski definition) is 4. The maximum absolute atomic E-state index is 12.6. The average Bonchev–Trinajstić information content (AvgIpc) is 2.78. The minimum absolute atomic E-state index is 0.0334. The van der Waals surface area contributed by atoms with Crippen LogP contribution in [0, 0.1) is 0 Å². The maximum Gasteiger partial charge on any atom is 0.282 e. The smallest absolute Gasteiger partial charge is 0.282 e. The van der Waals surface area contributed by atoms with E-state index in [1.165, 1.54) is 0 Å². The van der Waals surface area contributed by atoms with Crippen LogP contribution >= 0.6 is 11.6 Å². The van der Waals surface area contributed by atoms with Crippen molar-refractivity contribution in [1.82, 2.24) is 9.78 Å². The highest BCUT2D eigenvalue weighted by molar-refractivity contribution is 7.91. The summed E-state index contributed by atoms with van der Waals surface area (Å²) in [5.41, 5.74) is -1.09. The van der Waals surface area contributed by atoms with Gasteiger partial charge < -0.3 is 0 Å². The van der Waals surface area contributed by atoms with Gasteiger partial charge in [0.15, 0.2) is 16.1 Å². The van der Waals surface area contributed by atoms with Crippen molar-refractivity contribution in [2.45, 2.75) is 18.9 Å². The molecule has 100 valence electrons. The Balaban J connectivity index is 2.44. The van der Waals surface area contributed by atoms with Crippen LogP contribution in [0.1, 0.15) is 34.9 Å². The molecule has 0 radical (unpaired) electrons. The molecule has 0 spiro atoms. The molecule has 1 unspecified atom stereocenters. The summed E-state index contributed by atoms with van der Waals surface area (Å²) in [6.45, 7) is 0. The molecule has 0 amide bonds. The highest BCUT2D eigenvalue weighted by Gasteiger charge is 2.33. The van der Waals surface area contributed by atoms with Crippen molar-refractivity contribution >= 4 is 27.7 Å². The van der Waals surface area contributed by atoms with Crippen molar-refractivity contribution < 1.29 is 22.0 Å². The van der Waals surface area contributed by atoms with E-state index >= 15 is 0 Å². The van der Waals surface area contributed by atoms with Gasteiger partial charge in [0, 0.05) is 0 Å². The molecule has 0 bridgehead atoms. The Labute approximate surface area is 107 Å². The van der Waals surface area contributed by atoms with Crippen LogP contribution < -0.4 is 0 Å². The molecule has 1 aromatic rings.